The molecule has 4 heteroatoms. The fraction of sp³-hybridized carbons (Fsp3) is 0.881. The van der Waals surface area contributed by atoms with Crippen LogP contribution in [0.4, 0.5) is 0 Å². The van der Waals surface area contributed by atoms with Gasteiger partial charge in [0.05, 0.1) is 18.2 Å². The number of rotatable bonds is 36. The predicted octanol–water partition coefficient (Wildman–Crippen LogP) is 12.5. The number of hydrogen-bond acceptors (Lipinski definition) is 3. The van der Waals surface area contributed by atoms with E-state index in [4.69, 9.17) is 0 Å². The number of aliphatic hydroxyl groups is 2. The molecule has 272 valence electrons. The lowest BCUT2D eigenvalue weighted by Gasteiger charge is -2.24. The number of aliphatic hydroxyl groups excluding tert-OH is 2. The molecule has 0 aliphatic carbocycles. The van der Waals surface area contributed by atoms with Crippen LogP contribution in [0.25, 0.3) is 0 Å². The quantitative estimate of drug-likeness (QED) is 0.0360. The number of allylic oxidation sites excluding steroid dienone is 3. The molecule has 46 heavy (non-hydrogen) atoms. The minimum atomic E-state index is -0.944. The van der Waals surface area contributed by atoms with Crippen LogP contribution >= 0.6 is 0 Å². The van der Waals surface area contributed by atoms with Crippen LogP contribution in [-0.4, -0.2) is 34.4 Å². The van der Waals surface area contributed by atoms with Gasteiger partial charge in [0.15, 0.2) is 0 Å². The van der Waals surface area contributed by atoms with E-state index in [-0.39, 0.29) is 5.91 Å². The van der Waals surface area contributed by atoms with E-state index >= 15 is 0 Å². The Bertz CT molecular complexity index is 676. The van der Waals surface area contributed by atoms with Gasteiger partial charge in [-0.2, -0.15) is 0 Å². The SMILES string of the molecule is CCCCCCCCCCCCCCCCCCCC=CC=CC(=O)NC(C)C(O)C(O)CCCCCCCCCCCCCC. The molecule has 0 aromatic carbocycles. The second kappa shape index (κ2) is 36.7. The minimum absolute atomic E-state index is 0.230. The zero-order valence-electron chi connectivity index (χ0n) is 31.3. The number of nitrogens with one attached hydrogen (secondary N) is 1. The first kappa shape index (κ1) is 44.9. The second-order valence-corrected chi connectivity index (χ2v) is 14.3. The van der Waals surface area contributed by atoms with E-state index in [0.717, 1.165) is 19.3 Å². The molecular formula is C42H81NO3. The van der Waals surface area contributed by atoms with Crippen LogP contribution in [0.2, 0.25) is 0 Å². The zero-order chi connectivity index (χ0) is 33.8. The molecule has 0 heterocycles. The first-order valence-electron chi connectivity index (χ1n) is 20.5. The Balaban J connectivity index is 3.60. The number of carbonyl (C=O) groups is 1. The van der Waals surface area contributed by atoms with Crippen LogP contribution < -0.4 is 5.32 Å². The summed E-state index contributed by atoms with van der Waals surface area (Å²) in [5.41, 5.74) is 0. The smallest absolute Gasteiger partial charge is 0.244 e. The fourth-order valence-electron chi connectivity index (χ4n) is 6.36. The number of unbranched alkanes of at least 4 members (excludes halogenated alkanes) is 28. The maximum atomic E-state index is 12.2. The molecule has 0 bridgehead atoms. The van der Waals surface area contributed by atoms with Gasteiger partial charge < -0.3 is 15.5 Å². The Hall–Kier alpha value is -1.13. The van der Waals surface area contributed by atoms with Crippen LogP contribution in [0.1, 0.15) is 220 Å². The van der Waals surface area contributed by atoms with Crippen molar-refractivity contribution in [2.45, 2.75) is 238 Å². The summed E-state index contributed by atoms with van der Waals surface area (Å²) in [6, 6.07) is -0.483. The van der Waals surface area contributed by atoms with Crippen molar-refractivity contribution < 1.29 is 15.0 Å². The van der Waals surface area contributed by atoms with E-state index in [1.165, 1.54) is 179 Å². The molecule has 3 unspecified atom stereocenters. The van der Waals surface area contributed by atoms with Crippen LogP contribution in [-0.2, 0) is 4.79 Å². The lowest BCUT2D eigenvalue weighted by molar-refractivity contribution is -0.118. The molecule has 0 rings (SSSR count). The highest BCUT2D eigenvalue weighted by atomic mass is 16.3. The van der Waals surface area contributed by atoms with E-state index in [1.807, 2.05) is 6.08 Å². The standard InChI is InChI=1S/C42H81NO3/c1-4-6-8-10-12-14-16-18-19-20-21-22-23-24-25-26-28-30-32-34-36-38-41(45)43-39(3)42(46)40(44)37-35-33-31-29-27-17-15-13-11-9-7-5-2/h32,34,36,38-40,42,44,46H,4-31,33,35,37H2,1-3H3,(H,43,45). The van der Waals surface area contributed by atoms with Gasteiger partial charge in [0.25, 0.3) is 0 Å². The molecular weight excluding hydrogens is 566 g/mol. The van der Waals surface area contributed by atoms with Gasteiger partial charge in [0.2, 0.25) is 5.91 Å². The van der Waals surface area contributed by atoms with Gasteiger partial charge in [0, 0.05) is 6.08 Å². The van der Waals surface area contributed by atoms with Gasteiger partial charge >= 0.3 is 0 Å². The van der Waals surface area contributed by atoms with Gasteiger partial charge in [-0.1, -0.05) is 212 Å². The van der Waals surface area contributed by atoms with Crippen LogP contribution in [0.5, 0.6) is 0 Å². The molecule has 0 fully saturated rings. The largest absolute Gasteiger partial charge is 0.390 e. The van der Waals surface area contributed by atoms with Gasteiger partial charge in [0.1, 0.15) is 0 Å². The molecule has 0 radical (unpaired) electrons. The van der Waals surface area contributed by atoms with Crippen LogP contribution in [0, 0.1) is 0 Å². The monoisotopic (exact) mass is 648 g/mol. The third kappa shape index (κ3) is 32.8. The van der Waals surface area contributed by atoms with E-state index in [9.17, 15) is 15.0 Å². The third-order valence-corrected chi connectivity index (χ3v) is 9.60. The highest BCUT2D eigenvalue weighted by Crippen LogP contribution is 2.16. The fourth-order valence-corrected chi connectivity index (χ4v) is 6.36. The molecule has 0 aromatic heterocycles. The Morgan fingerprint density at radius 2 is 0.870 bits per heavy atom. The Labute approximate surface area is 288 Å². The predicted molar refractivity (Wildman–Crippen MR) is 202 cm³/mol. The number of amides is 1. The lowest BCUT2D eigenvalue weighted by Crippen LogP contribution is -2.46. The second-order valence-electron chi connectivity index (χ2n) is 14.3. The topological polar surface area (TPSA) is 69.6 Å². The van der Waals surface area contributed by atoms with E-state index in [2.05, 4.69) is 25.2 Å². The van der Waals surface area contributed by atoms with Crippen molar-refractivity contribution in [1.29, 1.82) is 0 Å². The Morgan fingerprint density at radius 1 is 0.522 bits per heavy atom. The molecule has 0 spiro atoms. The summed E-state index contributed by atoms with van der Waals surface area (Å²) in [6.45, 7) is 6.31. The molecule has 3 N–H and O–H groups in total. The van der Waals surface area contributed by atoms with Crippen molar-refractivity contribution in [3.8, 4) is 0 Å². The Morgan fingerprint density at radius 3 is 1.26 bits per heavy atom. The van der Waals surface area contributed by atoms with Crippen molar-refractivity contribution in [3.63, 3.8) is 0 Å². The normalized spacial score (nSPS) is 13.9. The molecule has 0 saturated heterocycles. The van der Waals surface area contributed by atoms with E-state index in [1.54, 1.807) is 13.0 Å². The van der Waals surface area contributed by atoms with Gasteiger partial charge in [-0.25, -0.2) is 0 Å². The highest BCUT2D eigenvalue weighted by Gasteiger charge is 2.23. The maximum absolute atomic E-state index is 12.2. The van der Waals surface area contributed by atoms with Gasteiger partial charge in [-0.3, -0.25) is 4.79 Å². The summed E-state index contributed by atoms with van der Waals surface area (Å²) in [5, 5.41) is 23.6. The van der Waals surface area contributed by atoms with Gasteiger partial charge in [-0.15, -0.1) is 0 Å². The summed E-state index contributed by atoms with van der Waals surface area (Å²) in [5.74, 6) is -0.230. The van der Waals surface area contributed by atoms with Crippen molar-refractivity contribution >= 4 is 5.91 Å². The van der Waals surface area contributed by atoms with Crippen molar-refractivity contribution in [1.82, 2.24) is 5.32 Å². The lowest BCUT2D eigenvalue weighted by atomic mass is 10.00. The first-order chi connectivity index (χ1) is 22.5. The molecule has 0 aliphatic rings. The van der Waals surface area contributed by atoms with Crippen molar-refractivity contribution in [3.05, 3.63) is 24.3 Å². The highest BCUT2D eigenvalue weighted by molar-refractivity contribution is 5.88. The summed E-state index contributed by atoms with van der Waals surface area (Å²) in [4.78, 5) is 12.2. The molecule has 1 amide bonds. The molecule has 0 saturated carbocycles. The van der Waals surface area contributed by atoms with Gasteiger partial charge in [-0.05, 0) is 26.2 Å². The summed E-state index contributed by atoms with van der Waals surface area (Å²) < 4.78 is 0. The first-order valence-corrected chi connectivity index (χ1v) is 20.5. The minimum Gasteiger partial charge on any atom is -0.390 e. The maximum Gasteiger partial charge on any atom is 0.244 e. The summed E-state index contributed by atoms with van der Waals surface area (Å²) in [7, 11) is 0. The third-order valence-electron chi connectivity index (χ3n) is 9.60. The summed E-state index contributed by atoms with van der Waals surface area (Å²) in [6.07, 6.45) is 46.2. The van der Waals surface area contributed by atoms with Crippen molar-refractivity contribution in [2.24, 2.45) is 0 Å². The molecule has 0 aromatic rings. The van der Waals surface area contributed by atoms with E-state index in [0.29, 0.717) is 6.42 Å². The summed E-state index contributed by atoms with van der Waals surface area (Å²) >= 11 is 0. The van der Waals surface area contributed by atoms with Crippen molar-refractivity contribution in [2.75, 3.05) is 0 Å². The molecule has 3 atom stereocenters. The molecule has 4 nitrogen and oxygen atoms in total. The average Bonchev–Trinajstić information content (AvgIpc) is 3.05. The van der Waals surface area contributed by atoms with E-state index < -0.39 is 18.2 Å². The molecule has 0 aliphatic heterocycles. The van der Waals surface area contributed by atoms with Crippen LogP contribution in [0.3, 0.4) is 0 Å². The number of hydrogen-bond donors (Lipinski definition) is 3. The zero-order valence-corrected chi connectivity index (χ0v) is 31.3. The average molecular weight is 648 g/mol. The Kier molecular flexibility index (Phi) is 35.8. The number of carbonyl (C=O) groups excluding carboxylic acids is 1. The van der Waals surface area contributed by atoms with Crippen LogP contribution in [0.15, 0.2) is 24.3 Å².